The molecule has 0 heterocycles. The predicted molar refractivity (Wildman–Crippen MR) is 125 cm³/mol. The van der Waals surface area contributed by atoms with Gasteiger partial charge < -0.3 is 14.8 Å². The quantitative estimate of drug-likeness (QED) is 0.358. The normalized spacial score (nSPS) is 10.6. The number of benzene rings is 3. The van der Waals surface area contributed by atoms with Crippen molar-refractivity contribution < 1.29 is 9.47 Å². The zero-order valence-corrected chi connectivity index (χ0v) is 19.1. The highest BCUT2D eigenvalue weighted by Crippen LogP contribution is 2.35. The van der Waals surface area contributed by atoms with Gasteiger partial charge in [0.15, 0.2) is 11.5 Å². The van der Waals surface area contributed by atoms with Crippen molar-refractivity contribution in [3.05, 3.63) is 85.4 Å². The summed E-state index contributed by atoms with van der Waals surface area (Å²) >= 11 is 8.24. The average Bonchev–Trinajstić information content (AvgIpc) is 2.68. The number of anilines is 1. The zero-order valence-electron chi connectivity index (χ0n) is 16.2. The van der Waals surface area contributed by atoms with Gasteiger partial charge in [-0.25, -0.2) is 0 Å². The molecular formula is C23H23ClINO2. The minimum absolute atomic E-state index is 0.462. The van der Waals surface area contributed by atoms with E-state index < -0.39 is 0 Å². The van der Waals surface area contributed by atoms with Crippen molar-refractivity contribution in [3.8, 4) is 11.5 Å². The Bertz CT molecular complexity index is 958. The third-order valence-corrected chi connectivity index (χ3v) is 5.51. The molecule has 3 rings (SSSR count). The van der Waals surface area contributed by atoms with Gasteiger partial charge >= 0.3 is 0 Å². The molecule has 0 bridgehead atoms. The van der Waals surface area contributed by atoms with Crippen LogP contribution in [0.2, 0.25) is 5.02 Å². The Morgan fingerprint density at radius 3 is 2.43 bits per heavy atom. The second-order valence-corrected chi connectivity index (χ2v) is 8.29. The Morgan fingerprint density at radius 2 is 1.71 bits per heavy atom. The maximum atomic E-state index is 6.04. The smallest absolute Gasteiger partial charge is 0.174 e. The van der Waals surface area contributed by atoms with Gasteiger partial charge in [-0.15, -0.1) is 0 Å². The molecule has 0 aliphatic heterocycles. The summed E-state index contributed by atoms with van der Waals surface area (Å²) in [5.74, 6) is 1.49. The zero-order chi connectivity index (χ0) is 20.1. The Balaban J connectivity index is 1.73. The maximum Gasteiger partial charge on any atom is 0.174 e. The predicted octanol–water partition coefficient (Wildman–Crippen LogP) is 6.76. The number of aryl methyl sites for hydroxylation is 2. The lowest BCUT2D eigenvalue weighted by Gasteiger charge is -2.16. The first-order valence-electron chi connectivity index (χ1n) is 9.01. The van der Waals surface area contributed by atoms with Gasteiger partial charge in [-0.1, -0.05) is 35.9 Å². The van der Waals surface area contributed by atoms with Gasteiger partial charge in [-0.05, 0) is 89.0 Å². The van der Waals surface area contributed by atoms with Crippen LogP contribution in [-0.2, 0) is 13.2 Å². The summed E-state index contributed by atoms with van der Waals surface area (Å²) in [5.41, 5.74) is 5.82. The molecule has 0 amide bonds. The minimum atomic E-state index is 0.462. The number of hydrogen-bond donors (Lipinski definition) is 1. The minimum Gasteiger partial charge on any atom is -0.493 e. The van der Waals surface area contributed by atoms with Crippen LogP contribution in [0.25, 0.3) is 0 Å². The lowest BCUT2D eigenvalue weighted by Crippen LogP contribution is -2.04. The monoisotopic (exact) mass is 507 g/mol. The highest BCUT2D eigenvalue weighted by molar-refractivity contribution is 14.1. The molecule has 1 N–H and O–H groups in total. The first-order chi connectivity index (χ1) is 13.5. The number of nitrogens with one attached hydrogen (secondary N) is 1. The van der Waals surface area contributed by atoms with Crippen molar-refractivity contribution in [3.63, 3.8) is 0 Å². The van der Waals surface area contributed by atoms with E-state index in [9.17, 15) is 0 Å². The summed E-state index contributed by atoms with van der Waals surface area (Å²) in [7, 11) is 1.67. The second kappa shape index (κ2) is 9.52. The van der Waals surface area contributed by atoms with Crippen LogP contribution in [0, 0.1) is 17.4 Å². The molecular weight excluding hydrogens is 485 g/mol. The van der Waals surface area contributed by atoms with Gasteiger partial charge in [0, 0.05) is 17.3 Å². The topological polar surface area (TPSA) is 30.5 Å². The average molecular weight is 508 g/mol. The molecule has 0 aliphatic rings. The lowest BCUT2D eigenvalue weighted by molar-refractivity contribution is 0.282. The molecule has 0 atom stereocenters. The molecule has 0 unspecified atom stereocenters. The van der Waals surface area contributed by atoms with Crippen LogP contribution < -0.4 is 14.8 Å². The van der Waals surface area contributed by atoms with E-state index in [2.05, 4.69) is 66.0 Å². The third-order valence-electron chi connectivity index (χ3n) is 4.46. The molecule has 0 aromatic heterocycles. The highest BCUT2D eigenvalue weighted by atomic mass is 127. The molecule has 146 valence electrons. The van der Waals surface area contributed by atoms with Crippen LogP contribution in [0.15, 0.2) is 54.6 Å². The first kappa shape index (κ1) is 20.8. The fraction of sp³-hybridized carbons (Fsp3) is 0.217. The highest BCUT2D eigenvalue weighted by Gasteiger charge is 2.12. The molecule has 0 saturated heterocycles. The van der Waals surface area contributed by atoms with E-state index >= 15 is 0 Å². The molecule has 0 radical (unpaired) electrons. The SMILES string of the molecule is COc1cc(CNc2cc(C)ccc2C)cc(I)c1OCc1ccc(Cl)cc1. The lowest BCUT2D eigenvalue weighted by atomic mass is 10.1. The molecule has 3 nitrogen and oxygen atoms in total. The summed E-state index contributed by atoms with van der Waals surface area (Å²) in [6.45, 7) is 5.39. The van der Waals surface area contributed by atoms with Gasteiger partial charge in [0.2, 0.25) is 0 Å². The number of ether oxygens (including phenoxy) is 2. The van der Waals surface area contributed by atoms with E-state index in [0.29, 0.717) is 13.2 Å². The van der Waals surface area contributed by atoms with Crippen molar-refractivity contribution in [1.29, 1.82) is 0 Å². The largest absolute Gasteiger partial charge is 0.493 e. The van der Waals surface area contributed by atoms with Crippen LogP contribution in [0.1, 0.15) is 22.3 Å². The van der Waals surface area contributed by atoms with E-state index in [1.165, 1.54) is 11.1 Å². The van der Waals surface area contributed by atoms with E-state index in [-0.39, 0.29) is 0 Å². The molecule has 28 heavy (non-hydrogen) atoms. The third kappa shape index (κ3) is 5.32. The van der Waals surface area contributed by atoms with Crippen molar-refractivity contribution in [2.24, 2.45) is 0 Å². The Hall–Kier alpha value is -1.92. The van der Waals surface area contributed by atoms with Crippen LogP contribution >= 0.6 is 34.2 Å². The standard InChI is InChI=1S/C23H23ClINO2/c1-15-4-5-16(2)21(10-15)26-13-18-11-20(25)23(22(12-18)27-3)28-14-17-6-8-19(24)9-7-17/h4-12,26H,13-14H2,1-3H3. The van der Waals surface area contributed by atoms with Crippen molar-refractivity contribution >= 4 is 39.9 Å². The maximum absolute atomic E-state index is 6.04. The van der Waals surface area contributed by atoms with Crippen molar-refractivity contribution in [1.82, 2.24) is 0 Å². The number of methoxy groups -OCH3 is 1. The molecule has 3 aromatic rings. The van der Waals surface area contributed by atoms with Crippen LogP contribution in [0.4, 0.5) is 5.69 Å². The Kier molecular flexibility index (Phi) is 7.08. The first-order valence-corrected chi connectivity index (χ1v) is 10.5. The van der Waals surface area contributed by atoms with Crippen molar-refractivity contribution in [2.75, 3.05) is 12.4 Å². The van der Waals surface area contributed by atoms with Crippen molar-refractivity contribution in [2.45, 2.75) is 27.0 Å². The molecule has 0 spiro atoms. The molecule has 5 heteroatoms. The fourth-order valence-electron chi connectivity index (χ4n) is 2.88. The van der Waals surface area contributed by atoms with Gasteiger partial charge in [-0.2, -0.15) is 0 Å². The van der Waals surface area contributed by atoms with E-state index in [4.69, 9.17) is 21.1 Å². The van der Waals surface area contributed by atoms with Gasteiger partial charge in [0.25, 0.3) is 0 Å². The van der Waals surface area contributed by atoms with E-state index in [1.807, 2.05) is 30.3 Å². The molecule has 0 saturated carbocycles. The van der Waals surface area contributed by atoms with Crippen LogP contribution in [-0.4, -0.2) is 7.11 Å². The van der Waals surface area contributed by atoms with Gasteiger partial charge in [0.1, 0.15) is 6.61 Å². The number of hydrogen-bond acceptors (Lipinski definition) is 3. The van der Waals surface area contributed by atoms with Gasteiger partial charge in [-0.3, -0.25) is 0 Å². The van der Waals surface area contributed by atoms with E-state index in [0.717, 1.165) is 36.9 Å². The fourth-order valence-corrected chi connectivity index (χ4v) is 3.82. The summed E-state index contributed by atoms with van der Waals surface area (Å²) in [6.07, 6.45) is 0. The number of halogens is 2. The second-order valence-electron chi connectivity index (χ2n) is 6.70. The van der Waals surface area contributed by atoms with Crippen LogP contribution in [0.3, 0.4) is 0 Å². The van der Waals surface area contributed by atoms with Gasteiger partial charge in [0.05, 0.1) is 10.7 Å². The summed E-state index contributed by atoms with van der Waals surface area (Å²) in [4.78, 5) is 0. The molecule has 3 aromatic carbocycles. The van der Waals surface area contributed by atoms with E-state index in [1.54, 1.807) is 7.11 Å². The van der Waals surface area contributed by atoms with Crippen LogP contribution in [0.5, 0.6) is 11.5 Å². The molecule has 0 aliphatic carbocycles. The Morgan fingerprint density at radius 1 is 0.964 bits per heavy atom. The number of rotatable bonds is 7. The summed E-state index contributed by atoms with van der Waals surface area (Å²) < 4.78 is 12.6. The molecule has 0 fully saturated rings. The Labute approximate surface area is 185 Å². The summed E-state index contributed by atoms with van der Waals surface area (Å²) in [5, 5.41) is 4.24. The summed E-state index contributed by atoms with van der Waals surface area (Å²) in [6, 6.07) is 18.2.